The summed E-state index contributed by atoms with van der Waals surface area (Å²) in [5.41, 5.74) is 7.20. The standard InChI is InChI=1S/C20H23N2O3S/c1-2-26(23,24)22(13-7-8-17(15-21)16-22)18-9-6-12-20(14-18)25-19-10-4-3-5-11-19/h3-12,14,16H,2,13,15,21H2,1H3/q+1. The lowest BCUT2D eigenvalue weighted by Crippen LogP contribution is -2.51. The maximum Gasteiger partial charge on any atom is 0.306 e. The molecule has 1 heterocycles. The van der Waals surface area contributed by atoms with E-state index < -0.39 is 10.0 Å². The van der Waals surface area contributed by atoms with Gasteiger partial charge in [0.2, 0.25) is 0 Å². The molecule has 6 heteroatoms. The minimum Gasteiger partial charge on any atom is -0.457 e. The Kier molecular flexibility index (Phi) is 5.27. The van der Waals surface area contributed by atoms with E-state index in [4.69, 9.17) is 10.5 Å². The Morgan fingerprint density at radius 3 is 2.50 bits per heavy atom. The van der Waals surface area contributed by atoms with Gasteiger partial charge < -0.3 is 10.5 Å². The first-order chi connectivity index (χ1) is 12.5. The molecular formula is C20H23N2O3S+. The van der Waals surface area contributed by atoms with Crippen molar-refractivity contribution in [3.05, 3.63) is 78.5 Å². The van der Waals surface area contributed by atoms with E-state index >= 15 is 0 Å². The Balaban J connectivity index is 2.07. The van der Waals surface area contributed by atoms with E-state index in [0.29, 0.717) is 23.7 Å². The van der Waals surface area contributed by atoms with Gasteiger partial charge in [-0.05, 0) is 31.2 Å². The first-order valence-corrected chi connectivity index (χ1v) is 10.1. The van der Waals surface area contributed by atoms with Crippen LogP contribution in [0.5, 0.6) is 11.5 Å². The molecule has 0 bridgehead atoms. The van der Waals surface area contributed by atoms with Gasteiger partial charge in [0.15, 0.2) is 5.69 Å². The number of quaternary nitrogens is 1. The minimum absolute atomic E-state index is 0.0267. The summed E-state index contributed by atoms with van der Waals surface area (Å²) >= 11 is 0. The van der Waals surface area contributed by atoms with Crippen molar-refractivity contribution in [1.82, 2.24) is 3.89 Å². The van der Waals surface area contributed by atoms with Gasteiger partial charge in [-0.2, -0.15) is 12.3 Å². The summed E-state index contributed by atoms with van der Waals surface area (Å²) < 4.78 is 31.6. The van der Waals surface area contributed by atoms with Crippen molar-refractivity contribution in [3.8, 4) is 11.5 Å². The lowest BCUT2D eigenvalue weighted by Gasteiger charge is -2.34. The molecule has 0 spiro atoms. The van der Waals surface area contributed by atoms with Crippen molar-refractivity contribution in [2.75, 3.05) is 18.8 Å². The summed E-state index contributed by atoms with van der Waals surface area (Å²) in [4.78, 5) is 0. The summed E-state index contributed by atoms with van der Waals surface area (Å²) in [6, 6.07) is 16.6. The summed E-state index contributed by atoms with van der Waals surface area (Å²) in [5, 5.41) is 0. The Morgan fingerprint density at radius 1 is 1.08 bits per heavy atom. The van der Waals surface area contributed by atoms with Gasteiger partial charge in [0.1, 0.15) is 24.2 Å². The van der Waals surface area contributed by atoms with Crippen molar-refractivity contribution >= 4 is 15.7 Å². The molecule has 2 aromatic rings. The first kappa shape index (κ1) is 18.4. The zero-order chi connectivity index (χ0) is 18.6. The van der Waals surface area contributed by atoms with E-state index in [-0.39, 0.29) is 16.2 Å². The van der Waals surface area contributed by atoms with Gasteiger partial charge in [0.05, 0.1) is 5.75 Å². The van der Waals surface area contributed by atoms with Gasteiger partial charge in [0.25, 0.3) is 0 Å². The third-order valence-electron chi connectivity index (χ3n) is 4.41. The second-order valence-electron chi connectivity index (χ2n) is 6.07. The summed E-state index contributed by atoms with van der Waals surface area (Å²) in [5.74, 6) is 1.32. The fraction of sp³-hybridized carbons (Fsp3) is 0.200. The maximum atomic E-state index is 13.0. The number of rotatable bonds is 6. The molecule has 136 valence electrons. The molecule has 1 aliphatic heterocycles. The molecule has 5 nitrogen and oxygen atoms in total. The Hall–Kier alpha value is -2.41. The number of hydrogen-bond acceptors (Lipinski definition) is 4. The fourth-order valence-corrected chi connectivity index (χ4v) is 4.52. The van der Waals surface area contributed by atoms with Crippen LogP contribution < -0.4 is 14.4 Å². The van der Waals surface area contributed by atoms with Crippen molar-refractivity contribution in [2.24, 2.45) is 5.73 Å². The number of sulfonamides is 1. The third-order valence-corrected chi connectivity index (χ3v) is 6.60. The van der Waals surface area contributed by atoms with Crippen molar-refractivity contribution in [1.29, 1.82) is 0 Å². The number of nitrogens with two attached hydrogens (primary N) is 1. The lowest BCUT2D eigenvalue weighted by molar-refractivity contribution is 0.478. The molecular weight excluding hydrogens is 348 g/mol. The highest BCUT2D eigenvalue weighted by molar-refractivity contribution is 7.91. The molecule has 0 saturated heterocycles. The Bertz CT molecular complexity index is 937. The van der Waals surface area contributed by atoms with Crippen LogP contribution in [0.15, 0.2) is 78.5 Å². The largest absolute Gasteiger partial charge is 0.457 e. The summed E-state index contributed by atoms with van der Waals surface area (Å²) in [6.45, 7) is 2.28. The van der Waals surface area contributed by atoms with Crippen LogP contribution in [-0.2, 0) is 10.0 Å². The van der Waals surface area contributed by atoms with Gasteiger partial charge in [-0.15, -0.1) is 0 Å². The zero-order valence-electron chi connectivity index (χ0n) is 14.7. The predicted molar refractivity (Wildman–Crippen MR) is 105 cm³/mol. The Morgan fingerprint density at radius 2 is 1.81 bits per heavy atom. The zero-order valence-corrected chi connectivity index (χ0v) is 15.5. The van der Waals surface area contributed by atoms with Gasteiger partial charge in [-0.3, -0.25) is 0 Å². The van der Waals surface area contributed by atoms with Crippen LogP contribution in [0.4, 0.5) is 5.69 Å². The monoisotopic (exact) mass is 371 g/mol. The first-order valence-electron chi connectivity index (χ1n) is 8.53. The lowest BCUT2D eigenvalue weighted by atomic mass is 10.2. The minimum atomic E-state index is -3.47. The smallest absolute Gasteiger partial charge is 0.306 e. The van der Waals surface area contributed by atoms with Crippen LogP contribution in [0, 0.1) is 0 Å². The van der Waals surface area contributed by atoms with Crippen LogP contribution in [0.2, 0.25) is 0 Å². The quantitative estimate of drug-likeness (QED) is 0.789. The molecule has 0 fully saturated rings. The molecule has 26 heavy (non-hydrogen) atoms. The summed E-state index contributed by atoms with van der Waals surface area (Å²) in [7, 11) is -3.47. The molecule has 0 amide bonds. The molecule has 1 atom stereocenters. The number of ether oxygens (including phenoxy) is 1. The SMILES string of the molecule is CCS(=O)(=O)[N+]1(c2cccc(Oc3ccccc3)c2)C=C(CN)C=CC1. The van der Waals surface area contributed by atoms with E-state index in [9.17, 15) is 8.42 Å². The van der Waals surface area contributed by atoms with Gasteiger partial charge in [-0.1, -0.05) is 30.3 Å². The van der Waals surface area contributed by atoms with Gasteiger partial charge >= 0.3 is 10.0 Å². The second-order valence-corrected chi connectivity index (χ2v) is 8.46. The number of benzene rings is 2. The third kappa shape index (κ3) is 3.44. The van der Waals surface area contributed by atoms with Crippen LogP contribution in [0.25, 0.3) is 0 Å². The molecule has 0 aromatic heterocycles. The molecule has 0 saturated carbocycles. The van der Waals surface area contributed by atoms with Crippen LogP contribution in [-0.4, -0.2) is 27.3 Å². The van der Waals surface area contributed by atoms with Crippen molar-refractivity contribution < 1.29 is 13.2 Å². The number of para-hydroxylation sites is 1. The van der Waals surface area contributed by atoms with Crippen LogP contribution in [0.3, 0.4) is 0 Å². The van der Waals surface area contributed by atoms with E-state index in [0.717, 1.165) is 5.57 Å². The highest BCUT2D eigenvalue weighted by Crippen LogP contribution is 2.35. The molecule has 2 N–H and O–H groups in total. The highest BCUT2D eigenvalue weighted by Gasteiger charge is 2.42. The molecule has 1 aliphatic rings. The van der Waals surface area contributed by atoms with Crippen molar-refractivity contribution in [2.45, 2.75) is 6.92 Å². The van der Waals surface area contributed by atoms with E-state index in [1.54, 1.807) is 19.2 Å². The number of nitrogens with zero attached hydrogens (tertiary/aromatic N) is 1. The maximum absolute atomic E-state index is 13.0. The van der Waals surface area contributed by atoms with Crippen LogP contribution in [0.1, 0.15) is 6.92 Å². The second kappa shape index (κ2) is 7.45. The fourth-order valence-electron chi connectivity index (χ4n) is 3.02. The molecule has 1 unspecified atom stereocenters. The summed E-state index contributed by atoms with van der Waals surface area (Å²) in [6.07, 6.45) is 5.48. The molecule has 3 rings (SSSR count). The van der Waals surface area contributed by atoms with Gasteiger partial charge in [-0.25, -0.2) is 0 Å². The molecule has 2 aromatic carbocycles. The molecule has 0 radical (unpaired) electrons. The predicted octanol–water partition coefficient (Wildman–Crippen LogP) is 3.55. The van der Waals surface area contributed by atoms with E-state index in [2.05, 4.69) is 0 Å². The van der Waals surface area contributed by atoms with Gasteiger partial charge in [0, 0.05) is 24.3 Å². The van der Waals surface area contributed by atoms with E-state index in [1.807, 2.05) is 60.7 Å². The topological polar surface area (TPSA) is 69.4 Å². The van der Waals surface area contributed by atoms with Crippen molar-refractivity contribution in [3.63, 3.8) is 0 Å². The average Bonchev–Trinajstić information content (AvgIpc) is 2.69. The van der Waals surface area contributed by atoms with E-state index in [1.165, 1.54) is 0 Å². The average molecular weight is 371 g/mol. The highest BCUT2D eigenvalue weighted by atomic mass is 32.2. The molecule has 0 aliphatic carbocycles. The number of hydrogen-bond donors (Lipinski definition) is 1. The van der Waals surface area contributed by atoms with Crippen LogP contribution >= 0.6 is 0 Å². The Labute approximate surface area is 154 Å². The normalized spacial score (nSPS) is 19.8.